The fourth-order valence-corrected chi connectivity index (χ4v) is 6.50. The summed E-state index contributed by atoms with van der Waals surface area (Å²) in [6.07, 6.45) is 1.83. The molecule has 0 saturated heterocycles. The number of halogens is 1. The average molecular weight is 834 g/mol. The Kier molecular flexibility index (Phi) is 16.3. The summed E-state index contributed by atoms with van der Waals surface area (Å²) in [6, 6.07) is 32.3. The van der Waals surface area contributed by atoms with E-state index in [0.717, 1.165) is 24.0 Å². The monoisotopic (exact) mass is 833 g/mol. The molecule has 14 heteroatoms. The second-order valence-corrected chi connectivity index (χ2v) is 14.4. The molecular weight excluding hydrogens is 786 g/mol. The number of aromatic nitrogens is 1. The van der Waals surface area contributed by atoms with E-state index >= 15 is 0 Å². The number of hydrogen-bond acceptors (Lipinski definition) is 9. The lowest BCUT2D eigenvalue weighted by Crippen LogP contribution is -2.41. The highest BCUT2D eigenvalue weighted by Crippen LogP contribution is 2.25. The highest BCUT2D eigenvalue weighted by Gasteiger charge is 2.21. The molecule has 0 aliphatic heterocycles. The number of esters is 1. The second kappa shape index (κ2) is 22.0. The molecule has 1 aromatic heterocycles. The number of carbonyl (C=O) groups excluding carboxylic acids is 4. The zero-order valence-corrected chi connectivity index (χ0v) is 34.5. The fourth-order valence-electron chi connectivity index (χ4n) is 6.36. The molecule has 0 bridgehead atoms. The number of aromatic carboxylic acids is 1. The quantitative estimate of drug-likeness (QED) is 0.0510. The van der Waals surface area contributed by atoms with Gasteiger partial charge in [0.25, 0.3) is 11.8 Å². The van der Waals surface area contributed by atoms with E-state index in [1.807, 2.05) is 36.4 Å². The predicted molar refractivity (Wildman–Crippen MR) is 229 cm³/mol. The van der Waals surface area contributed by atoms with Gasteiger partial charge in [0, 0.05) is 50.4 Å². The number of carboxylic acids is 1. The number of ether oxygens (including phenoxy) is 2. The van der Waals surface area contributed by atoms with Crippen LogP contribution in [0.3, 0.4) is 0 Å². The van der Waals surface area contributed by atoms with E-state index in [9.17, 15) is 24.0 Å². The van der Waals surface area contributed by atoms with Gasteiger partial charge in [-0.2, -0.15) is 0 Å². The molecule has 0 radical (unpaired) electrons. The van der Waals surface area contributed by atoms with Crippen LogP contribution >= 0.6 is 11.6 Å². The fraction of sp³-hybridized carbons (Fsp3) is 0.261. The van der Waals surface area contributed by atoms with Crippen molar-refractivity contribution >= 4 is 52.6 Å². The molecule has 5 aromatic rings. The van der Waals surface area contributed by atoms with E-state index in [0.29, 0.717) is 42.4 Å². The van der Waals surface area contributed by atoms with Crippen molar-refractivity contribution in [3.05, 3.63) is 148 Å². The van der Waals surface area contributed by atoms with Gasteiger partial charge < -0.3 is 30.1 Å². The summed E-state index contributed by atoms with van der Waals surface area (Å²) < 4.78 is 11.1. The van der Waals surface area contributed by atoms with Crippen molar-refractivity contribution in [1.82, 2.24) is 14.8 Å². The Morgan fingerprint density at radius 3 is 2.07 bits per heavy atom. The standard InChI is InChI=1S/C46H48ClN5O8/c1-4-36(5-2)52(27-26-51(3)41(53)24-25-42(54)59-30-31-10-7-6-8-11-31)29-32-12-9-13-34(28-32)44(55)49-39-22-23-40(47)50-43(39)45(56)48-35-16-20-38(21-17-35)60-37-18-14-33(15-19-37)46(57)58/h6-23,28,36H,4-5,24-27,29-30H2,1-3H3,(H,48,56)(H,49,55)(H,57,58). The van der Waals surface area contributed by atoms with Gasteiger partial charge in [0.2, 0.25) is 5.91 Å². The molecule has 60 heavy (non-hydrogen) atoms. The van der Waals surface area contributed by atoms with E-state index in [2.05, 4.69) is 34.4 Å². The zero-order chi connectivity index (χ0) is 43.0. The Bertz CT molecular complexity index is 2250. The number of hydrogen-bond donors (Lipinski definition) is 3. The van der Waals surface area contributed by atoms with Crippen molar-refractivity contribution in [3.63, 3.8) is 0 Å². The van der Waals surface area contributed by atoms with E-state index in [1.165, 1.54) is 24.3 Å². The number of amides is 3. The van der Waals surface area contributed by atoms with Gasteiger partial charge in [0.15, 0.2) is 5.69 Å². The van der Waals surface area contributed by atoms with Crippen LogP contribution in [0.5, 0.6) is 11.5 Å². The summed E-state index contributed by atoms with van der Waals surface area (Å²) in [4.78, 5) is 71.5. The van der Waals surface area contributed by atoms with Crippen molar-refractivity contribution in [2.24, 2.45) is 0 Å². The van der Waals surface area contributed by atoms with Crippen LogP contribution < -0.4 is 15.4 Å². The van der Waals surface area contributed by atoms with Crippen LogP contribution in [0.2, 0.25) is 5.15 Å². The van der Waals surface area contributed by atoms with Crippen LogP contribution in [-0.4, -0.2) is 75.7 Å². The molecule has 3 amide bonds. The van der Waals surface area contributed by atoms with Crippen molar-refractivity contribution < 1.29 is 38.6 Å². The van der Waals surface area contributed by atoms with Gasteiger partial charge in [-0.15, -0.1) is 0 Å². The van der Waals surface area contributed by atoms with Gasteiger partial charge in [-0.25, -0.2) is 9.78 Å². The van der Waals surface area contributed by atoms with Crippen molar-refractivity contribution in [1.29, 1.82) is 0 Å². The Labute approximate surface area is 354 Å². The molecular formula is C46H48ClN5O8. The van der Waals surface area contributed by atoms with Gasteiger partial charge in [0.05, 0.1) is 17.7 Å². The highest BCUT2D eigenvalue weighted by molar-refractivity contribution is 6.29. The first-order valence-electron chi connectivity index (χ1n) is 19.6. The molecule has 0 saturated carbocycles. The van der Waals surface area contributed by atoms with Gasteiger partial charge in [0.1, 0.15) is 23.3 Å². The number of carbonyl (C=O) groups is 5. The lowest BCUT2D eigenvalue weighted by molar-refractivity contribution is -0.147. The molecule has 0 aliphatic carbocycles. The van der Waals surface area contributed by atoms with Crippen LogP contribution in [0.25, 0.3) is 0 Å². The summed E-state index contributed by atoms with van der Waals surface area (Å²) in [6.45, 7) is 5.95. The molecule has 1 heterocycles. The van der Waals surface area contributed by atoms with Crippen molar-refractivity contribution in [3.8, 4) is 11.5 Å². The molecule has 3 N–H and O–H groups in total. The molecule has 13 nitrogen and oxygen atoms in total. The maximum absolute atomic E-state index is 13.6. The minimum absolute atomic E-state index is 0.0000219. The van der Waals surface area contributed by atoms with E-state index in [4.69, 9.17) is 26.2 Å². The van der Waals surface area contributed by atoms with Gasteiger partial charge in [-0.1, -0.05) is 67.9 Å². The predicted octanol–water partition coefficient (Wildman–Crippen LogP) is 8.70. The summed E-state index contributed by atoms with van der Waals surface area (Å²) >= 11 is 6.18. The number of nitrogens with one attached hydrogen (secondary N) is 2. The van der Waals surface area contributed by atoms with Gasteiger partial charge >= 0.3 is 11.9 Å². The van der Waals surface area contributed by atoms with Crippen LogP contribution in [0.15, 0.2) is 115 Å². The maximum Gasteiger partial charge on any atom is 0.335 e. The average Bonchev–Trinajstić information content (AvgIpc) is 3.26. The molecule has 0 unspecified atom stereocenters. The molecule has 0 atom stereocenters. The number of pyridine rings is 1. The van der Waals surface area contributed by atoms with Gasteiger partial charge in [-0.05, 0) is 96.8 Å². The molecule has 4 aromatic carbocycles. The highest BCUT2D eigenvalue weighted by atomic mass is 35.5. The van der Waals surface area contributed by atoms with Crippen LogP contribution in [0, 0.1) is 0 Å². The minimum atomic E-state index is -1.04. The Balaban J connectivity index is 1.17. The minimum Gasteiger partial charge on any atom is -0.478 e. The van der Waals surface area contributed by atoms with Crippen LogP contribution in [-0.2, 0) is 27.5 Å². The molecule has 5 rings (SSSR count). The van der Waals surface area contributed by atoms with Crippen molar-refractivity contribution in [2.75, 3.05) is 30.8 Å². The zero-order valence-electron chi connectivity index (χ0n) is 33.7. The normalized spacial score (nSPS) is 10.9. The second-order valence-electron chi connectivity index (χ2n) is 14.0. The largest absolute Gasteiger partial charge is 0.478 e. The molecule has 312 valence electrons. The lowest BCUT2D eigenvalue weighted by atomic mass is 10.1. The molecule has 0 spiro atoms. The van der Waals surface area contributed by atoms with E-state index < -0.39 is 23.8 Å². The maximum atomic E-state index is 13.6. The van der Waals surface area contributed by atoms with E-state index in [-0.39, 0.29) is 53.5 Å². The Morgan fingerprint density at radius 2 is 1.40 bits per heavy atom. The third kappa shape index (κ3) is 13.2. The number of rotatable bonds is 20. The first kappa shape index (κ1) is 44.5. The SMILES string of the molecule is CCC(CC)N(CCN(C)C(=O)CCC(=O)OCc1ccccc1)Cc1cccc(C(=O)Nc2ccc(Cl)nc2C(=O)Nc2ccc(Oc3ccc(C(=O)O)cc3)cc2)c1. The summed E-state index contributed by atoms with van der Waals surface area (Å²) in [5.74, 6) is -1.75. The van der Waals surface area contributed by atoms with Crippen LogP contribution in [0.4, 0.5) is 11.4 Å². The lowest BCUT2D eigenvalue weighted by Gasteiger charge is -2.32. The first-order valence-corrected chi connectivity index (χ1v) is 20.0. The third-order valence-corrected chi connectivity index (χ3v) is 9.95. The van der Waals surface area contributed by atoms with Crippen LogP contribution in [0.1, 0.15) is 81.9 Å². The molecule has 0 fully saturated rings. The Hall–Kier alpha value is -6.57. The Morgan fingerprint density at radius 1 is 0.733 bits per heavy atom. The summed E-state index contributed by atoms with van der Waals surface area (Å²) in [7, 11) is 1.73. The summed E-state index contributed by atoms with van der Waals surface area (Å²) in [5, 5.41) is 14.8. The number of carboxylic acid groups (broad SMARTS) is 1. The van der Waals surface area contributed by atoms with Gasteiger partial charge in [-0.3, -0.25) is 24.1 Å². The summed E-state index contributed by atoms with van der Waals surface area (Å²) in [5.41, 5.74) is 2.78. The topological polar surface area (TPSA) is 167 Å². The number of benzene rings is 4. The third-order valence-electron chi connectivity index (χ3n) is 9.74. The first-order chi connectivity index (χ1) is 28.9. The van der Waals surface area contributed by atoms with E-state index in [1.54, 1.807) is 66.5 Å². The number of nitrogens with zero attached hydrogens (tertiary/aromatic N) is 3. The number of anilines is 2. The number of likely N-dealkylation sites (N-methyl/N-ethyl adjacent to an activating group) is 1. The smallest absolute Gasteiger partial charge is 0.335 e. The van der Waals surface area contributed by atoms with Crippen molar-refractivity contribution in [2.45, 2.75) is 58.7 Å². The molecule has 0 aliphatic rings.